The van der Waals surface area contributed by atoms with Crippen LogP contribution in [0.25, 0.3) is 0 Å². The minimum Gasteiger partial charge on any atom is -1.00 e. The monoisotopic (exact) mass is 262 g/mol. The van der Waals surface area contributed by atoms with Gasteiger partial charge in [-0.3, -0.25) is 4.55 Å². The number of hydrogen-bond acceptors (Lipinski definition) is 2. The van der Waals surface area contributed by atoms with Crippen LogP contribution in [-0.2, 0) is 10.1 Å². The molecule has 0 aliphatic heterocycles. The van der Waals surface area contributed by atoms with E-state index in [1.54, 1.807) is 0 Å². The largest absolute Gasteiger partial charge is 2.00 e. The maximum Gasteiger partial charge on any atom is 2.00 e. The zero-order valence-electron chi connectivity index (χ0n) is 6.37. The third-order valence-corrected chi connectivity index (χ3v) is 0.985. The molecule has 0 radical (unpaired) electrons. The maximum atomic E-state index is 9.72. The predicted molar refractivity (Wildman–Crippen MR) is 34.6 cm³/mol. The van der Waals surface area contributed by atoms with Crippen LogP contribution in [0.1, 0.15) is 2.85 Å². The Morgan fingerprint density at radius 2 is 2.12 bits per heavy atom. The first-order valence-electron chi connectivity index (χ1n) is 1.62. The van der Waals surface area contributed by atoms with Crippen molar-refractivity contribution in [2.24, 2.45) is 0 Å². The van der Waals surface area contributed by atoms with Crippen molar-refractivity contribution in [2.75, 3.05) is 5.75 Å². The first kappa shape index (κ1) is 12.0. The van der Waals surface area contributed by atoms with Crippen molar-refractivity contribution >= 4 is 59.0 Å². The predicted octanol–water partition coefficient (Wildman–Crippen LogP) is -0.0956. The molecule has 1 N–H and O–H groups in total. The number of rotatable bonds is 2. The van der Waals surface area contributed by atoms with Crippen molar-refractivity contribution in [1.82, 2.24) is 0 Å². The number of hydrogen-bond donors (Lipinski definition) is 1. The summed E-state index contributed by atoms with van der Waals surface area (Å²) in [6, 6.07) is 0. The molecule has 0 spiro atoms. The normalized spacial score (nSPS) is 9.62. The Morgan fingerprint density at radius 3 is 2.12 bits per heavy atom. The molecule has 0 unspecified atom stereocenters. The zero-order valence-corrected chi connectivity index (χ0v) is 9.63. The summed E-state index contributed by atoms with van der Waals surface area (Å²) >= 11 is 0. The summed E-state index contributed by atoms with van der Waals surface area (Å²) < 4.78 is 27.3. The molecule has 0 saturated carbocycles. The van der Waals surface area contributed by atoms with Gasteiger partial charge in [0.25, 0.3) is 10.1 Å². The Kier molecular flexibility index (Phi) is 7.53. The van der Waals surface area contributed by atoms with E-state index < -0.39 is 10.1 Å². The molecule has 0 aromatic carbocycles. The van der Waals surface area contributed by atoms with Crippen LogP contribution in [0.15, 0.2) is 12.7 Å². The topological polar surface area (TPSA) is 54.4 Å². The molecular weight excluding hydrogens is 253 g/mol. The molecular formula is C3H8BaO3S. The first-order chi connectivity index (χ1) is 3.06. The minimum atomic E-state index is -3.79. The van der Waals surface area contributed by atoms with E-state index in [1.807, 2.05) is 0 Å². The molecule has 0 amide bonds. The van der Waals surface area contributed by atoms with Crippen molar-refractivity contribution in [3.8, 4) is 0 Å². The molecule has 0 aromatic rings. The fourth-order valence-corrected chi connectivity index (χ4v) is 0.447. The summed E-state index contributed by atoms with van der Waals surface area (Å²) in [6.07, 6.45) is 1.12. The molecule has 0 fully saturated rings. The Hall–Kier alpha value is 1.22. The van der Waals surface area contributed by atoms with Crippen molar-refractivity contribution in [3.63, 3.8) is 0 Å². The second kappa shape index (κ2) is 5.04. The van der Waals surface area contributed by atoms with E-state index in [2.05, 4.69) is 6.58 Å². The van der Waals surface area contributed by atoms with E-state index in [-0.39, 0.29) is 57.5 Å². The van der Waals surface area contributed by atoms with Crippen molar-refractivity contribution in [3.05, 3.63) is 12.7 Å². The van der Waals surface area contributed by atoms with Gasteiger partial charge in [-0.25, -0.2) is 0 Å². The molecule has 0 atom stereocenters. The van der Waals surface area contributed by atoms with Gasteiger partial charge < -0.3 is 2.85 Å². The summed E-state index contributed by atoms with van der Waals surface area (Å²) in [5.41, 5.74) is 0. The van der Waals surface area contributed by atoms with E-state index in [9.17, 15) is 8.42 Å². The Bertz CT molecular complexity index is 155. The zero-order chi connectivity index (χ0) is 5.91. The molecule has 5 heteroatoms. The van der Waals surface area contributed by atoms with Gasteiger partial charge in [0.1, 0.15) is 0 Å². The average molecular weight is 261 g/mol. The first-order valence-corrected chi connectivity index (χ1v) is 3.23. The average Bonchev–Trinajstić information content (AvgIpc) is 1.30. The van der Waals surface area contributed by atoms with Gasteiger partial charge in [0.2, 0.25) is 0 Å². The minimum absolute atomic E-state index is 0. The molecule has 3 nitrogen and oxygen atoms in total. The fraction of sp³-hybridized carbons (Fsp3) is 0.333. The van der Waals surface area contributed by atoms with E-state index in [4.69, 9.17) is 4.55 Å². The Labute approximate surface area is 92.0 Å². The fourth-order valence-electron chi connectivity index (χ4n) is 0.149. The van der Waals surface area contributed by atoms with Crippen LogP contribution in [0.3, 0.4) is 0 Å². The maximum absolute atomic E-state index is 9.72. The van der Waals surface area contributed by atoms with Gasteiger partial charge in [-0.15, -0.1) is 6.58 Å². The van der Waals surface area contributed by atoms with Crippen LogP contribution in [-0.4, -0.2) is 67.6 Å². The molecule has 46 valence electrons. The van der Waals surface area contributed by atoms with Gasteiger partial charge in [0.15, 0.2) is 0 Å². The summed E-state index contributed by atoms with van der Waals surface area (Å²) in [6.45, 7) is 3.11. The summed E-state index contributed by atoms with van der Waals surface area (Å²) in [5, 5.41) is 0. The summed E-state index contributed by atoms with van der Waals surface area (Å²) in [7, 11) is -3.79. The van der Waals surface area contributed by atoms with Crippen LogP contribution in [0, 0.1) is 0 Å². The molecule has 0 bridgehead atoms. The quantitative estimate of drug-likeness (QED) is 0.429. The Morgan fingerprint density at radius 1 is 1.75 bits per heavy atom. The third-order valence-electron chi connectivity index (χ3n) is 0.328. The molecule has 0 saturated heterocycles. The van der Waals surface area contributed by atoms with Gasteiger partial charge in [0, 0.05) is 0 Å². The van der Waals surface area contributed by atoms with Crippen molar-refractivity contribution < 1.29 is 15.8 Å². The van der Waals surface area contributed by atoms with Crippen LogP contribution >= 0.6 is 0 Å². The van der Waals surface area contributed by atoms with Gasteiger partial charge in [-0.05, 0) is 0 Å². The Balaban J connectivity index is -0.0000000600. The van der Waals surface area contributed by atoms with Crippen molar-refractivity contribution in [1.29, 1.82) is 0 Å². The van der Waals surface area contributed by atoms with E-state index >= 15 is 0 Å². The second-order valence-electron chi connectivity index (χ2n) is 1.04. The summed E-state index contributed by atoms with van der Waals surface area (Å²) in [5.74, 6) is -0.368. The molecule has 0 aromatic heterocycles. The molecule has 0 aliphatic rings. The van der Waals surface area contributed by atoms with Gasteiger partial charge in [-0.1, -0.05) is 6.08 Å². The van der Waals surface area contributed by atoms with E-state index in [0.717, 1.165) is 6.08 Å². The standard InChI is InChI=1S/C3H6O3S.Ba.2H/c1-2-3-7(4,5)6;;;/h2H,1,3H2,(H,4,5,6);;;/q;+2;2*-1. The molecule has 0 heterocycles. The molecule has 0 rings (SSSR count). The van der Waals surface area contributed by atoms with Gasteiger partial charge >= 0.3 is 48.9 Å². The van der Waals surface area contributed by atoms with E-state index in [0.29, 0.717) is 0 Å². The van der Waals surface area contributed by atoms with Crippen LogP contribution < -0.4 is 0 Å². The van der Waals surface area contributed by atoms with E-state index in [1.165, 1.54) is 0 Å². The molecule has 0 aliphatic carbocycles. The van der Waals surface area contributed by atoms with Crippen LogP contribution in [0.4, 0.5) is 0 Å². The van der Waals surface area contributed by atoms with Gasteiger partial charge in [-0.2, -0.15) is 8.42 Å². The summed E-state index contributed by atoms with van der Waals surface area (Å²) in [4.78, 5) is 0. The molecule has 8 heavy (non-hydrogen) atoms. The van der Waals surface area contributed by atoms with Crippen LogP contribution in [0.2, 0.25) is 0 Å². The SMILES string of the molecule is C=CCS(=O)(=O)O.[Ba+2].[H-].[H-]. The van der Waals surface area contributed by atoms with Crippen molar-refractivity contribution in [2.45, 2.75) is 0 Å². The van der Waals surface area contributed by atoms with Gasteiger partial charge in [0.05, 0.1) is 5.75 Å². The smallest absolute Gasteiger partial charge is 1.00 e. The van der Waals surface area contributed by atoms with Crippen LogP contribution in [0.5, 0.6) is 0 Å². The third kappa shape index (κ3) is 10.3. The second-order valence-corrected chi connectivity index (χ2v) is 2.53.